The maximum atomic E-state index is 4.54. The summed E-state index contributed by atoms with van der Waals surface area (Å²) in [5.41, 5.74) is 0. The Morgan fingerprint density at radius 3 is 0.432 bits per heavy atom. The van der Waals surface area contributed by atoms with Crippen molar-refractivity contribution in [3.05, 3.63) is 0 Å². The van der Waals surface area contributed by atoms with Crippen LogP contribution in [0.25, 0.3) is 0 Å². The second kappa shape index (κ2) is 29.7. The van der Waals surface area contributed by atoms with Crippen LogP contribution in [0, 0.1) is 0 Å². The fourth-order valence-electron chi connectivity index (χ4n) is 7.40. The monoisotopic (exact) mass is 788 g/mol. The third-order valence-electron chi connectivity index (χ3n) is 10.6. The third-order valence-corrected chi connectivity index (χ3v) is 30.5. The van der Waals surface area contributed by atoms with Gasteiger partial charge >= 0.3 is 300 Å². The molecule has 0 nitrogen and oxygen atoms in total. The first-order valence-corrected chi connectivity index (χ1v) is 30.5. The van der Waals surface area contributed by atoms with Crippen LogP contribution >= 0.6 is 41.6 Å². The van der Waals surface area contributed by atoms with Gasteiger partial charge in [0.25, 0.3) is 0 Å². The van der Waals surface area contributed by atoms with Crippen LogP contribution in [0.4, 0.5) is 0 Å². The fraction of sp³-hybridized carbons (Fsp3) is 1.00. The van der Waals surface area contributed by atoms with Gasteiger partial charge in [-0.25, -0.2) is 0 Å². The molecule has 0 N–H and O–H groups in total. The molecule has 0 radical (unpaired) electrons. The van der Waals surface area contributed by atoms with E-state index in [0.29, 0.717) is 0 Å². The van der Waals surface area contributed by atoms with Crippen molar-refractivity contribution in [1.29, 1.82) is 0 Å². The van der Waals surface area contributed by atoms with E-state index >= 15 is 0 Å². The topological polar surface area (TPSA) is 0 Å². The van der Waals surface area contributed by atoms with Crippen molar-refractivity contribution in [2.24, 2.45) is 0 Å². The van der Waals surface area contributed by atoms with Gasteiger partial charge in [-0.2, -0.15) is 0 Å². The minimum absolute atomic E-state index is 1.36. The number of hydrogen-bond donors (Lipinski definition) is 0. The molecule has 0 aliphatic rings. The first-order valence-electron chi connectivity index (χ1n) is 20.5. The summed E-state index contributed by atoms with van der Waals surface area (Å²) in [6, 6.07) is 0. The minimum atomic E-state index is -1.62. The van der Waals surface area contributed by atoms with Crippen molar-refractivity contribution in [3.8, 4) is 0 Å². The van der Waals surface area contributed by atoms with Crippen LogP contribution in [0.15, 0.2) is 0 Å². The zero-order valence-corrected chi connectivity index (χ0v) is 37.2. The van der Waals surface area contributed by atoms with E-state index in [1.54, 1.807) is 0 Å². The van der Waals surface area contributed by atoms with Gasteiger partial charge < -0.3 is 0 Å². The van der Waals surface area contributed by atoms with E-state index in [9.17, 15) is 0 Å². The molecule has 0 saturated heterocycles. The van der Waals surface area contributed by atoms with Gasteiger partial charge in [0.05, 0.1) is 0 Å². The number of unbranched alkanes of at least 4 members (excludes halogenated alkanes) is 16. The van der Waals surface area contributed by atoms with E-state index in [-0.39, 0.29) is 0 Å². The molecule has 0 spiro atoms. The second-order valence-corrected chi connectivity index (χ2v) is 38.0. The fourth-order valence-corrected chi connectivity index (χ4v) is 24.2. The van der Waals surface area contributed by atoms with Gasteiger partial charge in [0, 0.05) is 0 Å². The van der Waals surface area contributed by atoms with Crippen molar-refractivity contribution in [2.75, 3.05) is 49.3 Å². The molecule has 0 amide bonds. The van der Waals surface area contributed by atoms with Crippen molar-refractivity contribution in [3.63, 3.8) is 0 Å². The molecule has 44 heavy (non-hydrogen) atoms. The number of rotatable bonds is 32. The Balaban J connectivity index is 0. The van der Waals surface area contributed by atoms with Crippen LogP contribution in [0.1, 0.15) is 209 Å². The SMILES string of the molecule is CCCCCP(Br)(CCCCC)(CCCCC)CCCCC.CCCCCP(Br)(CCCCC)(CCCCC)CCCCC. The predicted molar refractivity (Wildman–Crippen MR) is 227 cm³/mol. The summed E-state index contributed by atoms with van der Waals surface area (Å²) < 4.78 is 0. The molecule has 0 fully saturated rings. The first kappa shape index (κ1) is 47.9. The van der Waals surface area contributed by atoms with Crippen LogP contribution in [-0.4, -0.2) is 49.3 Å². The molecule has 4 heteroatoms. The van der Waals surface area contributed by atoms with Crippen molar-refractivity contribution in [2.45, 2.75) is 209 Å². The average Bonchev–Trinajstić information content (AvgIpc) is 2.99. The Morgan fingerprint density at radius 2 is 0.341 bits per heavy atom. The number of hydrogen-bond acceptors (Lipinski definition) is 0. The quantitative estimate of drug-likeness (QED) is 0.0470. The molecular formula is C40H88Br2P2. The zero-order valence-electron chi connectivity index (χ0n) is 32.3. The second-order valence-electron chi connectivity index (χ2n) is 15.1. The van der Waals surface area contributed by atoms with Crippen LogP contribution in [-0.2, 0) is 0 Å². The van der Waals surface area contributed by atoms with Gasteiger partial charge in [-0.3, -0.25) is 0 Å². The Hall–Kier alpha value is 1.82. The van der Waals surface area contributed by atoms with E-state index in [1.807, 2.05) is 0 Å². The van der Waals surface area contributed by atoms with Crippen LogP contribution in [0.3, 0.4) is 0 Å². The van der Waals surface area contributed by atoms with Crippen LogP contribution in [0.5, 0.6) is 0 Å². The summed E-state index contributed by atoms with van der Waals surface area (Å²) >= 11 is 9.09. The van der Waals surface area contributed by atoms with Crippen LogP contribution < -0.4 is 0 Å². The van der Waals surface area contributed by atoms with E-state index in [0.717, 1.165) is 0 Å². The Morgan fingerprint density at radius 1 is 0.227 bits per heavy atom. The molecular weight excluding hydrogens is 702 g/mol. The van der Waals surface area contributed by atoms with E-state index < -0.39 is 10.6 Å². The molecule has 272 valence electrons. The third kappa shape index (κ3) is 24.0. The summed E-state index contributed by atoms with van der Waals surface area (Å²) in [7, 11) is 0. The zero-order chi connectivity index (χ0) is 33.5. The predicted octanol–water partition coefficient (Wildman–Crippen LogP) is 17.2. The van der Waals surface area contributed by atoms with E-state index in [1.165, 1.54) is 203 Å². The molecule has 0 saturated carbocycles. The molecule has 0 atom stereocenters. The summed E-state index contributed by atoms with van der Waals surface area (Å²) in [5.74, 6) is 0. The Kier molecular flexibility index (Phi) is 32.4. The van der Waals surface area contributed by atoms with Crippen molar-refractivity contribution >= 4 is 41.6 Å². The molecule has 0 aromatic carbocycles. The molecule has 0 rings (SSSR count). The van der Waals surface area contributed by atoms with Gasteiger partial charge in [-0.1, -0.05) is 0 Å². The van der Waals surface area contributed by atoms with Crippen molar-refractivity contribution < 1.29 is 0 Å². The molecule has 0 bridgehead atoms. The van der Waals surface area contributed by atoms with E-state index in [2.05, 4.69) is 86.4 Å². The van der Waals surface area contributed by atoms with Gasteiger partial charge in [0.1, 0.15) is 0 Å². The van der Waals surface area contributed by atoms with Gasteiger partial charge in [0.2, 0.25) is 0 Å². The normalized spacial score (nSPS) is 14.0. The molecule has 0 aromatic heterocycles. The van der Waals surface area contributed by atoms with Gasteiger partial charge in [-0.05, 0) is 0 Å². The van der Waals surface area contributed by atoms with Gasteiger partial charge in [0.15, 0.2) is 0 Å². The average molecular weight is 791 g/mol. The maximum absolute atomic E-state index is 4.54. The molecule has 0 aliphatic heterocycles. The standard InChI is InChI=1S/2C20H44BrP/c2*1-5-9-13-17-22(21,18-14-10-6-2,19-15-11-7-3)20-16-12-8-4/h2*5-20H2,1-4H3. The number of halogens is 2. The molecule has 0 unspecified atom stereocenters. The van der Waals surface area contributed by atoms with Crippen molar-refractivity contribution in [1.82, 2.24) is 0 Å². The molecule has 0 aliphatic carbocycles. The molecule has 0 aromatic rings. The summed E-state index contributed by atoms with van der Waals surface area (Å²) in [6.45, 7) is 18.7. The van der Waals surface area contributed by atoms with Crippen LogP contribution in [0.2, 0.25) is 0 Å². The first-order chi connectivity index (χ1) is 21.1. The Bertz CT molecular complexity index is 453. The summed E-state index contributed by atoms with van der Waals surface area (Å²) in [4.78, 5) is 0. The Labute approximate surface area is 298 Å². The summed E-state index contributed by atoms with van der Waals surface area (Å²) in [5, 5.41) is -3.24. The molecule has 0 heterocycles. The van der Waals surface area contributed by atoms with Gasteiger partial charge in [-0.15, -0.1) is 0 Å². The summed E-state index contributed by atoms with van der Waals surface area (Å²) in [6.07, 6.45) is 46.2. The van der Waals surface area contributed by atoms with E-state index in [4.69, 9.17) is 0 Å².